The Kier molecular flexibility index (Phi) is 7.43. The molecule has 31 heavy (non-hydrogen) atoms. The highest BCUT2D eigenvalue weighted by Crippen LogP contribution is 2.37. The maximum atomic E-state index is 10.9. The fourth-order valence-corrected chi connectivity index (χ4v) is 3.89. The molecule has 0 saturated carbocycles. The molecule has 4 rings (SSSR count). The first kappa shape index (κ1) is 22.9. The maximum Gasteiger partial charge on any atom is 0.246 e. The van der Waals surface area contributed by atoms with Gasteiger partial charge in [-0.1, -0.05) is 29.8 Å². The summed E-state index contributed by atoms with van der Waals surface area (Å²) < 4.78 is 1.92. The van der Waals surface area contributed by atoms with Crippen molar-refractivity contribution in [3.63, 3.8) is 0 Å². The van der Waals surface area contributed by atoms with Crippen molar-refractivity contribution in [2.45, 2.75) is 19.5 Å². The number of carbonyl (C=O) groups excluding carboxylic acids is 2. The Morgan fingerprint density at radius 2 is 2.00 bits per heavy atom. The smallest absolute Gasteiger partial charge is 0.246 e. The fraction of sp³-hybridized carbons (Fsp3) is 0.273. The van der Waals surface area contributed by atoms with Crippen LogP contribution in [0.1, 0.15) is 5.69 Å². The highest BCUT2D eigenvalue weighted by molar-refractivity contribution is 6.33. The number of hydrogen-bond acceptors (Lipinski definition) is 5. The van der Waals surface area contributed by atoms with E-state index >= 15 is 0 Å². The number of nitrogens with one attached hydrogen (secondary N) is 1. The normalized spacial score (nSPS) is 13.4. The molecule has 0 radical (unpaired) electrons. The Balaban J connectivity index is 0.000000229. The number of aldehydes is 1. The second-order valence-electron chi connectivity index (χ2n) is 7.03. The first-order valence-electron chi connectivity index (χ1n) is 9.68. The van der Waals surface area contributed by atoms with Crippen molar-refractivity contribution < 1.29 is 9.59 Å². The van der Waals surface area contributed by atoms with E-state index < -0.39 is 0 Å². The standard InChI is InChI=1S/C15H11Cl2N3O.C7H12N2O/c1-9-13(14-15(17)19-5-4-18-14)11-8-10(16)2-3-12(11)20(9)6-7-21;1-3-7(10)9-4-6(5-9)8-2/h2-5,7-8H,6H2,1H3;3,6,8H,1,4-5H2,2H3. The van der Waals surface area contributed by atoms with Gasteiger partial charge in [0.1, 0.15) is 12.0 Å². The van der Waals surface area contributed by atoms with Crippen LogP contribution in [0.25, 0.3) is 22.2 Å². The van der Waals surface area contributed by atoms with Crippen LogP contribution >= 0.6 is 23.2 Å². The summed E-state index contributed by atoms with van der Waals surface area (Å²) in [7, 11) is 1.90. The molecule has 1 amide bonds. The summed E-state index contributed by atoms with van der Waals surface area (Å²) >= 11 is 12.3. The lowest BCUT2D eigenvalue weighted by Gasteiger charge is -2.38. The number of nitrogens with zero attached hydrogens (tertiary/aromatic N) is 4. The van der Waals surface area contributed by atoms with Gasteiger partial charge in [-0.05, 0) is 38.2 Å². The average molecular weight is 460 g/mol. The molecule has 3 heterocycles. The Morgan fingerprint density at radius 3 is 2.61 bits per heavy atom. The summed E-state index contributed by atoms with van der Waals surface area (Å²) in [4.78, 5) is 31.9. The van der Waals surface area contributed by atoms with E-state index in [0.29, 0.717) is 21.9 Å². The van der Waals surface area contributed by atoms with Crippen LogP contribution in [0.4, 0.5) is 0 Å². The topological polar surface area (TPSA) is 80.1 Å². The predicted octanol–water partition coefficient (Wildman–Crippen LogP) is 3.52. The molecule has 9 heteroatoms. The van der Waals surface area contributed by atoms with Gasteiger partial charge in [0, 0.05) is 58.7 Å². The number of halogens is 2. The van der Waals surface area contributed by atoms with Crippen molar-refractivity contribution in [3.8, 4) is 11.3 Å². The fourth-order valence-electron chi connectivity index (χ4n) is 3.52. The van der Waals surface area contributed by atoms with E-state index in [0.717, 1.165) is 41.5 Å². The molecule has 1 saturated heterocycles. The largest absolute Gasteiger partial charge is 0.337 e. The maximum absolute atomic E-state index is 10.9. The minimum absolute atomic E-state index is 0.0338. The van der Waals surface area contributed by atoms with Crippen LogP contribution in [0.3, 0.4) is 0 Å². The number of rotatable bonds is 5. The lowest BCUT2D eigenvalue weighted by atomic mass is 10.1. The molecule has 0 aliphatic carbocycles. The summed E-state index contributed by atoms with van der Waals surface area (Å²) in [6.45, 7) is 7.24. The van der Waals surface area contributed by atoms with E-state index in [1.807, 2.05) is 30.7 Å². The second kappa shape index (κ2) is 10.0. The first-order valence-corrected chi connectivity index (χ1v) is 10.4. The zero-order valence-electron chi connectivity index (χ0n) is 17.3. The van der Waals surface area contributed by atoms with Gasteiger partial charge < -0.3 is 19.6 Å². The lowest BCUT2D eigenvalue weighted by molar-refractivity contribution is -0.130. The van der Waals surface area contributed by atoms with Crippen LogP contribution in [-0.2, 0) is 16.1 Å². The van der Waals surface area contributed by atoms with E-state index in [9.17, 15) is 9.59 Å². The van der Waals surface area contributed by atoms with E-state index in [-0.39, 0.29) is 12.5 Å². The van der Waals surface area contributed by atoms with Gasteiger partial charge in [0.15, 0.2) is 5.15 Å². The molecule has 1 fully saturated rings. The summed E-state index contributed by atoms with van der Waals surface area (Å²) in [5.74, 6) is 0.0338. The molecule has 7 nitrogen and oxygen atoms in total. The molecule has 0 bridgehead atoms. The van der Waals surface area contributed by atoms with Crippen LogP contribution in [0.2, 0.25) is 10.2 Å². The van der Waals surface area contributed by atoms with Gasteiger partial charge in [-0.15, -0.1) is 0 Å². The third kappa shape index (κ3) is 4.79. The lowest BCUT2D eigenvalue weighted by Crippen LogP contribution is -2.58. The number of hydrogen-bond donors (Lipinski definition) is 1. The number of fused-ring (bicyclic) bond motifs is 1. The first-order chi connectivity index (χ1) is 14.9. The Labute approximate surface area is 190 Å². The second-order valence-corrected chi connectivity index (χ2v) is 7.82. The summed E-state index contributed by atoms with van der Waals surface area (Å²) in [5, 5.41) is 4.93. The molecule has 162 valence electrons. The molecular formula is C22H23Cl2N5O2. The number of carbonyl (C=O) groups is 2. The quantitative estimate of drug-likeness (QED) is 0.466. The van der Waals surface area contributed by atoms with Crippen molar-refractivity contribution >= 4 is 46.3 Å². The van der Waals surface area contributed by atoms with Crippen molar-refractivity contribution in [3.05, 3.63) is 59.1 Å². The number of aromatic nitrogens is 3. The zero-order valence-corrected chi connectivity index (χ0v) is 18.8. The monoisotopic (exact) mass is 459 g/mol. The number of amides is 1. The average Bonchev–Trinajstić information content (AvgIpc) is 2.99. The van der Waals surface area contributed by atoms with Crippen LogP contribution in [-0.4, -0.2) is 57.8 Å². The molecule has 0 unspecified atom stereocenters. The molecular weight excluding hydrogens is 437 g/mol. The number of likely N-dealkylation sites (N-methyl/N-ethyl adjacent to an activating group) is 1. The minimum atomic E-state index is 0.0338. The van der Waals surface area contributed by atoms with Crippen LogP contribution in [0.15, 0.2) is 43.2 Å². The third-order valence-corrected chi connectivity index (χ3v) is 5.72. The van der Waals surface area contributed by atoms with Gasteiger partial charge in [0.2, 0.25) is 5.91 Å². The highest BCUT2D eigenvalue weighted by atomic mass is 35.5. The number of benzene rings is 1. The van der Waals surface area contributed by atoms with Gasteiger partial charge in [-0.2, -0.15) is 0 Å². The zero-order chi connectivity index (χ0) is 22.5. The molecule has 1 aromatic carbocycles. The Bertz CT molecular complexity index is 1120. The third-order valence-electron chi connectivity index (χ3n) is 5.21. The summed E-state index contributed by atoms with van der Waals surface area (Å²) in [5.41, 5.74) is 3.27. The molecule has 1 aliphatic heterocycles. The van der Waals surface area contributed by atoms with Crippen molar-refractivity contribution in [1.29, 1.82) is 0 Å². The van der Waals surface area contributed by atoms with Crippen molar-refractivity contribution in [2.75, 3.05) is 20.1 Å². The predicted molar refractivity (Wildman–Crippen MR) is 123 cm³/mol. The van der Waals surface area contributed by atoms with E-state index in [1.165, 1.54) is 6.08 Å². The van der Waals surface area contributed by atoms with Crippen LogP contribution in [0, 0.1) is 6.92 Å². The molecule has 2 aromatic heterocycles. The van der Waals surface area contributed by atoms with Gasteiger partial charge in [0.25, 0.3) is 0 Å². The van der Waals surface area contributed by atoms with Crippen molar-refractivity contribution in [2.24, 2.45) is 0 Å². The van der Waals surface area contributed by atoms with Crippen LogP contribution in [0.5, 0.6) is 0 Å². The van der Waals surface area contributed by atoms with Crippen molar-refractivity contribution in [1.82, 2.24) is 24.8 Å². The van der Waals surface area contributed by atoms with E-state index in [4.69, 9.17) is 23.2 Å². The van der Waals surface area contributed by atoms with Gasteiger partial charge >= 0.3 is 0 Å². The minimum Gasteiger partial charge on any atom is -0.337 e. The van der Waals surface area contributed by atoms with Gasteiger partial charge in [-0.25, -0.2) is 4.98 Å². The van der Waals surface area contributed by atoms with Crippen LogP contribution < -0.4 is 5.32 Å². The number of likely N-dealkylation sites (tertiary alicyclic amines) is 1. The summed E-state index contributed by atoms with van der Waals surface area (Å²) in [6.07, 6.45) is 5.35. The van der Waals surface area contributed by atoms with Gasteiger partial charge in [-0.3, -0.25) is 9.78 Å². The molecule has 1 aliphatic rings. The summed E-state index contributed by atoms with van der Waals surface area (Å²) in [6, 6.07) is 6.03. The van der Waals surface area contributed by atoms with Gasteiger partial charge in [0.05, 0.1) is 6.54 Å². The molecule has 0 atom stereocenters. The molecule has 0 spiro atoms. The molecule has 1 N–H and O–H groups in total. The van der Waals surface area contributed by atoms with E-state index in [1.54, 1.807) is 23.4 Å². The SMILES string of the molecule is C=CC(=O)N1CC(NC)C1.Cc1c(-c2nccnc2Cl)c2cc(Cl)ccc2n1CC=O. The Morgan fingerprint density at radius 1 is 1.29 bits per heavy atom. The Hall–Kier alpha value is -2.74. The van der Waals surface area contributed by atoms with E-state index in [2.05, 4.69) is 21.9 Å². The highest BCUT2D eigenvalue weighted by Gasteiger charge is 2.27. The molecule has 3 aromatic rings.